The van der Waals surface area contributed by atoms with Crippen LogP contribution in [0.25, 0.3) is 5.57 Å². The van der Waals surface area contributed by atoms with Gasteiger partial charge >= 0.3 is 0 Å². The van der Waals surface area contributed by atoms with Crippen LogP contribution < -0.4 is 14.8 Å². The third-order valence-corrected chi connectivity index (χ3v) is 4.30. The van der Waals surface area contributed by atoms with Crippen LogP contribution in [0.1, 0.15) is 12.5 Å². The molecule has 0 spiro atoms. The molecule has 0 atom stereocenters. The number of ether oxygens (including phenoxy) is 2. The minimum absolute atomic E-state index is 0.134. The number of nitrogens with one attached hydrogen (secondary N) is 1. The molecule has 0 radical (unpaired) electrons. The van der Waals surface area contributed by atoms with E-state index < -0.39 is 5.91 Å². The Hall–Kier alpha value is -3.54. The SMILES string of the molecule is C=CCN1C(=O)C(Nc2ccccc2OC)=C(c2ccc(OCC)cc2)C1=O. The smallest absolute Gasteiger partial charge is 0.278 e. The molecule has 1 heterocycles. The summed E-state index contributed by atoms with van der Waals surface area (Å²) in [6.07, 6.45) is 1.53. The molecular formula is C22H22N2O4. The number of anilines is 1. The highest BCUT2D eigenvalue weighted by Gasteiger charge is 2.38. The summed E-state index contributed by atoms with van der Waals surface area (Å²) in [7, 11) is 1.55. The molecule has 2 amide bonds. The second-order valence-electron chi connectivity index (χ2n) is 6.04. The van der Waals surface area contributed by atoms with Gasteiger partial charge in [0, 0.05) is 6.54 Å². The molecule has 3 rings (SSSR count). The van der Waals surface area contributed by atoms with E-state index in [0.29, 0.717) is 34.9 Å². The number of hydrogen-bond acceptors (Lipinski definition) is 5. The van der Waals surface area contributed by atoms with Crippen molar-refractivity contribution in [3.8, 4) is 11.5 Å². The number of amides is 2. The molecule has 0 fully saturated rings. The van der Waals surface area contributed by atoms with Crippen molar-refractivity contribution in [3.63, 3.8) is 0 Å². The quantitative estimate of drug-likeness (QED) is 0.563. The molecule has 1 aliphatic heterocycles. The Bertz CT molecular complexity index is 932. The first-order chi connectivity index (χ1) is 13.6. The third kappa shape index (κ3) is 3.62. The Morgan fingerprint density at radius 2 is 1.79 bits per heavy atom. The lowest BCUT2D eigenvalue weighted by Crippen LogP contribution is -2.32. The summed E-state index contributed by atoms with van der Waals surface area (Å²) in [6, 6.07) is 14.3. The topological polar surface area (TPSA) is 67.9 Å². The number of para-hydroxylation sites is 2. The maximum atomic E-state index is 13.0. The van der Waals surface area contributed by atoms with E-state index in [-0.39, 0.29) is 18.1 Å². The van der Waals surface area contributed by atoms with E-state index in [4.69, 9.17) is 9.47 Å². The third-order valence-electron chi connectivity index (χ3n) is 4.30. The van der Waals surface area contributed by atoms with Gasteiger partial charge < -0.3 is 14.8 Å². The fourth-order valence-corrected chi connectivity index (χ4v) is 3.02. The monoisotopic (exact) mass is 378 g/mol. The number of carbonyl (C=O) groups is 2. The zero-order valence-corrected chi connectivity index (χ0v) is 15.9. The predicted octanol–water partition coefficient (Wildman–Crippen LogP) is 3.47. The molecule has 2 aromatic carbocycles. The summed E-state index contributed by atoms with van der Waals surface area (Å²) >= 11 is 0. The lowest BCUT2D eigenvalue weighted by Gasteiger charge is -2.13. The van der Waals surface area contributed by atoms with Crippen molar-refractivity contribution < 1.29 is 19.1 Å². The van der Waals surface area contributed by atoms with Crippen LogP contribution >= 0.6 is 0 Å². The molecule has 0 saturated heterocycles. The van der Waals surface area contributed by atoms with Crippen LogP contribution in [-0.4, -0.2) is 37.0 Å². The van der Waals surface area contributed by atoms with Crippen molar-refractivity contribution in [1.29, 1.82) is 0 Å². The Morgan fingerprint density at radius 3 is 2.43 bits per heavy atom. The van der Waals surface area contributed by atoms with E-state index >= 15 is 0 Å². The fourth-order valence-electron chi connectivity index (χ4n) is 3.02. The van der Waals surface area contributed by atoms with E-state index in [1.54, 1.807) is 43.5 Å². The Morgan fingerprint density at radius 1 is 1.07 bits per heavy atom. The molecule has 6 heteroatoms. The van der Waals surface area contributed by atoms with Crippen LogP contribution in [0.15, 0.2) is 66.9 Å². The maximum absolute atomic E-state index is 13.0. The average Bonchev–Trinajstić information content (AvgIpc) is 2.94. The van der Waals surface area contributed by atoms with Crippen molar-refractivity contribution in [2.24, 2.45) is 0 Å². The van der Waals surface area contributed by atoms with Gasteiger partial charge in [0.05, 0.1) is 25.0 Å². The van der Waals surface area contributed by atoms with Gasteiger partial charge in [-0.05, 0) is 36.8 Å². The maximum Gasteiger partial charge on any atom is 0.278 e. The summed E-state index contributed by atoms with van der Waals surface area (Å²) in [5, 5.41) is 3.09. The first-order valence-electron chi connectivity index (χ1n) is 8.95. The number of methoxy groups -OCH3 is 1. The van der Waals surface area contributed by atoms with Gasteiger partial charge in [0.1, 0.15) is 17.2 Å². The number of imide groups is 1. The molecule has 6 nitrogen and oxygen atoms in total. The van der Waals surface area contributed by atoms with Gasteiger partial charge in [-0.25, -0.2) is 0 Å². The zero-order valence-electron chi connectivity index (χ0n) is 15.9. The van der Waals surface area contributed by atoms with E-state index in [0.717, 1.165) is 4.90 Å². The lowest BCUT2D eigenvalue weighted by atomic mass is 10.0. The van der Waals surface area contributed by atoms with E-state index in [1.165, 1.54) is 6.08 Å². The minimum Gasteiger partial charge on any atom is -0.495 e. The van der Waals surface area contributed by atoms with Crippen LogP contribution in [0.3, 0.4) is 0 Å². The number of nitrogens with zero attached hydrogens (tertiary/aromatic N) is 1. The van der Waals surface area contributed by atoms with Gasteiger partial charge in [-0.1, -0.05) is 30.3 Å². The Balaban J connectivity index is 2.06. The van der Waals surface area contributed by atoms with Crippen LogP contribution in [0, 0.1) is 0 Å². The first-order valence-corrected chi connectivity index (χ1v) is 8.95. The summed E-state index contributed by atoms with van der Waals surface area (Å²) < 4.78 is 10.8. The predicted molar refractivity (Wildman–Crippen MR) is 108 cm³/mol. The fraction of sp³-hybridized carbons (Fsp3) is 0.182. The highest BCUT2D eigenvalue weighted by atomic mass is 16.5. The van der Waals surface area contributed by atoms with Crippen molar-refractivity contribution in [1.82, 2.24) is 4.90 Å². The van der Waals surface area contributed by atoms with Crippen molar-refractivity contribution in [3.05, 3.63) is 72.4 Å². The summed E-state index contributed by atoms with van der Waals surface area (Å²) in [5.41, 5.74) is 1.75. The largest absolute Gasteiger partial charge is 0.495 e. The number of rotatable bonds is 8. The van der Waals surface area contributed by atoms with Crippen LogP contribution in [0.2, 0.25) is 0 Å². The molecule has 0 unspecified atom stereocenters. The van der Waals surface area contributed by atoms with Crippen LogP contribution in [0.5, 0.6) is 11.5 Å². The molecule has 28 heavy (non-hydrogen) atoms. The molecule has 1 N–H and O–H groups in total. The second-order valence-corrected chi connectivity index (χ2v) is 6.04. The van der Waals surface area contributed by atoms with Gasteiger partial charge in [0.2, 0.25) is 0 Å². The first kappa shape index (κ1) is 19.2. The lowest BCUT2D eigenvalue weighted by molar-refractivity contribution is -0.136. The van der Waals surface area contributed by atoms with Gasteiger partial charge in [-0.15, -0.1) is 6.58 Å². The number of benzene rings is 2. The molecule has 0 aromatic heterocycles. The van der Waals surface area contributed by atoms with E-state index in [1.807, 2.05) is 19.1 Å². The average molecular weight is 378 g/mol. The normalized spacial score (nSPS) is 13.7. The standard InChI is InChI=1S/C22H22N2O4/c1-4-14-24-21(25)19(15-10-12-16(13-11-15)28-5-2)20(22(24)26)23-17-8-6-7-9-18(17)27-3/h4,6-13,23H,1,5,14H2,2-3H3. The summed E-state index contributed by atoms with van der Waals surface area (Å²) in [4.78, 5) is 27.1. The van der Waals surface area contributed by atoms with Crippen molar-refractivity contribution >= 4 is 23.1 Å². The second kappa shape index (κ2) is 8.43. The number of carbonyl (C=O) groups excluding carboxylic acids is 2. The molecular weight excluding hydrogens is 356 g/mol. The van der Waals surface area contributed by atoms with Gasteiger partial charge in [-0.2, -0.15) is 0 Å². The molecule has 144 valence electrons. The molecule has 0 bridgehead atoms. The number of hydrogen-bond donors (Lipinski definition) is 1. The Kier molecular flexibility index (Phi) is 5.79. The zero-order chi connectivity index (χ0) is 20.1. The highest BCUT2D eigenvalue weighted by Crippen LogP contribution is 2.33. The molecule has 0 aliphatic carbocycles. The summed E-state index contributed by atoms with van der Waals surface area (Å²) in [6.45, 7) is 6.22. The highest BCUT2D eigenvalue weighted by molar-refractivity contribution is 6.36. The van der Waals surface area contributed by atoms with Crippen molar-refractivity contribution in [2.45, 2.75) is 6.92 Å². The van der Waals surface area contributed by atoms with Crippen LogP contribution in [-0.2, 0) is 9.59 Å². The van der Waals surface area contributed by atoms with Gasteiger partial charge in [0.25, 0.3) is 11.8 Å². The molecule has 1 aliphatic rings. The van der Waals surface area contributed by atoms with Gasteiger partial charge in [0.15, 0.2) is 0 Å². The summed E-state index contributed by atoms with van der Waals surface area (Å²) in [5.74, 6) is 0.500. The minimum atomic E-state index is -0.403. The van der Waals surface area contributed by atoms with Crippen molar-refractivity contribution in [2.75, 3.05) is 25.6 Å². The Labute approximate surface area is 164 Å². The van der Waals surface area contributed by atoms with E-state index in [2.05, 4.69) is 11.9 Å². The van der Waals surface area contributed by atoms with Crippen LogP contribution in [0.4, 0.5) is 5.69 Å². The van der Waals surface area contributed by atoms with E-state index in [9.17, 15) is 9.59 Å². The molecule has 2 aromatic rings. The van der Waals surface area contributed by atoms with Gasteiger partial charge in [-0.3, -0.25) is 14.5 Å². The molecule has 0 saturated carbocycles.